The van der Waals surface area contributed by atoms with Crippen LogP contribution in [-0.2, 0) is 11.3 Å². The topological polar surface area (TPSA) is 67.1 Å². The first kappa shape index (κ1) is 15.7. The fraction of sp³-hybridized carbons (Fsp3) is 0.158. The molecule has 0 saturated heterocycles. The number of rotatable bonds is 3. The predicted octanol–water partition coefficient (Wildman–Crippen LogP) is 3.76. The van der Waals surface area contributed by atoms with E-state index in [0.29, 0.717) is 18.0 Å². The lowest BCUT2D eigenvalue weighted by atomic mass is 9.87. The molecule has 1 atom stereocenters. The number of amides is 1. The van der Waals surface area contributed by atoms with Crippen molar-refractivity contribution in [2.45, 2.75) is 18.9 Å². The molecule has 0 saturated carbocycles. The molecule has 1 unspecified atom stereocenters. The Hall–Kier alpha value is -2.79. The number of phenolic OH excluding ortho intramolecular Hbond substituents is 1. The molecular weight excluding hydrogens is 338 g/mol. The van der Waals surface area contributed by atoms with E-state index in [2.05, 4.69) is 10.4 Å². The van der Waals surface area contributed by atoms with Gasteiger partial charge in [0.05, 0.1) is 12.7 Å². The number of phenols is 1. The minimum Gasteiger partial charge on any atom is -0.508 e. The van der Waals surface area contributed by atoms with Gasteiger partial charge in [0.15, 0.2) is 0 Å². The lowest BCUT2D eigenvalue weighted by Crippen LogP contribution is -2.25. The number of fused-ring (bicyclic) bond motifs is 1. The molecule has 2 N–H and O–H groups in total. The molecule has 5 nitrogen and oxygen atoms in total. The van der Waals surface area contributed by atoms with Gasteiger partial charge in [0.2, 0.25) is 5.91 Å². The number of halogens is 1. The SMILES string of the molecule is O=C1CC(c2ccc(O)cc2)c2cnn(Cc3ccc(Cl)cc3)c2N1. The quantitative estimate of drug-likeness (QED) is 0.753. The number of nitrogens with zero attached hydrogens (tertiary/aromatic N) is 2. The van der Waals surface area contributed by atoms with Gasteiger partial charge in [-0.2, -0.15) is 5.10 Å². The summed E-state index contributed by atoms with van der Waals surface area (Å²) < 4.78 is 1.79. The maximum atomic E-state index is 12.2. The van der Waals surface area contributed by atoms with E-state index >= 15 is 0 Å². The van der Waals surface area contributed by atoms with Crippen molar-refractivity contribution in [1.82, 2.24) is 9.78 Å². The molecule has 1 aliphatic rings. The van der Waals surface area contributed by atoms with Gasteiger partial charge in [0.1, 0.15) is 11.6 Å². The van der Waals surface area contributed by atoms with E-state index in [4.69, 9.17) is 11.6 Å². The van der Waals surface area contributed by atoms with Crippen LogP contribution in [0.5, 0.6) is 5.75 Å². The van der Waals surface area contributed by atoms with Gasteiger partial charge in [-0.1, -0.05) is 35.9 Å². The number of aromatic hydroxyl groups is 1. The first-order valence-electron chi connectivity index (χ1n) is 7.99. The van der Waals surface area contributed by atoms with Crippen molar-refractivity contribution >= 4 is 23.3 Å². The van der Waals surface area contributed by atoms with Crippen molar-refractivity contribution in [2.24, 2.45) is 0 Å². The second-order valence-corrected chi connectivity index (χ2v) is 6.57. The molecule has 1 aromatic heterocycles. The van der Waals surface area contributed by atoms with Crippen LogP contribution in [0.3, 0.4) is 0 Å². The minimum atomic E-state index is -0.0664. The predicted molar refractivity (Wildman–Crippen MR) is 96.0 cm³/mol. The van der Waals surface area contributed by atoms with Crippen LogP contribution in [0.15, 0.2) is 54.7 Å². The number of aromatic nitrogens is 2. The molecule has 0 radical (unpaired) electrons. The number of hydrogen-bond acceptors (Lipinski definition) is 3. The van der Waals surface area contributed by atoms with Crippen LogP contribution < -0.4 is 5.32 Å². The molecule has 4 rings (SSSR count). The van der Waals surface area contributed by atoms with Crippen molar-refractivity contribution in [3.05, 3.63) is 76.4 Å². The Bertz CT molecular complexity index is 917. The molecule has 25 heavy (non-hydrogen) atoms. The fourth-order valence-corrected chi connectivity index (χ4v) is 3.28. The Morgan fingerprint density at radius 3 is 2.60 bits per heavy atom. The molecular formula is C19H16ClN3O2. The van der Waals surface area contributed by atoms with Crippen LogP contribution in [0, 0.1) is 0 Å². The maximum absolute atomic E-state index is 12.2. The standard InChI is InChI=1S/C19H16ClN3O2/c20-14-5-1-12(2-6-14)11-23-19-17(10-21-23)16(9-18(25)22-19)13-3-7-15(24)8-4-13/h1-8,10,16,24H,9,11H2,(H,22,25). The van der Waals surface area contributed by atoms with E-state index in [1.54, 1.807) is 16.8 Å². The van der Waals surface area contributed by atoms with E-state index in [1.165, 1.54) is 0 Å². The molecule has 0 aliphatic carbocycles. The summed E-state index contributed by atoms with van der Waals surface area (Å²) in [6.45, 7) is 0.551. The number of benzene rings is 2. The summed E-state index contributed by atoms with van der Waals surface area (Å²) in [5, 5.41) is 17.6. The summed E-state index contributed by atoms with van der Waals surface area (Å²) in [4.78, 5) is 12.2. The van der Waals surface area contributed by atoms with E-state index in [-0.39, 0.29) is 17.6 Å². The molecule has 1 amide bonds. The zero-order valence-corrected chi connectivity index (χ0v) is 14.1. The molecule has 6 heteroatoms. The second-order valence-electron chi connectivity index (χ2n) is 6.13. The van der Waals surface area contributed by atoms with Crippen LogP contribution in [0.25, 0.3) is 0 Å². The summed E-state index contributed by atoms with van der Waals surface area (Å²) in [5.41, 5.74) is 3.02. The van der Waals surface area contributed by atoms with Crippen molar-refractivity contribution in [2.75, 3.05) is 5.32 Å². The highest BCUT2D eigenvalue weighted by atomic mass is 35.5. The molecule has 0 fully saturated rings. The minimum absolute atomic E-state index is 0.0385. The van der Waals surface area contributed by atoms with Crippen molar-refractivity contribution < 1.29 is 9.90 Å². The molecule has 126 valence electrons. The number of carbonyl (C=O) groups is 1. The monoisotopic (exact) mass is 353 g/mol. The number of anilines is 1. The fourth-order valence-electron chi connectivity index (χ4n) is 3.16. The van der Waals surface area contributed by atoms with E-state index in [0.717, 1.165) is 22.5 Å². The largest absolute Gasteiger partial charge is 0.508 e. The normalized spacial score (nSPS) is 16.4. The number of carbonyl (C=O) groups excluding carboxylic acids is 1. The van der Waals surface area contributed by atoms with E-state index in [1.807, 2.05) is 42.6 Å². The van der Waals surface area contributed by atoms with Crippen LogP contribution in [-0.4, -0.2) is 20.8 Å². The summed E-state index contributed by atoms with van der Waals surface area (Å²) in [5.74, 6) is 0.832. The van der Waals surface area contributed by atoms with Crippen LogP contribution in [0.2, 0.25) is 5.02 Å². The van der Waals surface area contributed by atoms with Gasteiger partial charge in [-0.3, -0.25) is 4.79 Å². The average Bonchev–Trinajstić information content (AvgIpc) is 3.00. The zero-order chi connectivity index (χ0) is 17.4. The summed E-state index contributed by atoms with van der Waals surface area (Å²) in [6, 6.07) is 14.5. The zero-order valence-electron chi connectivity index (χ0n) is 13.3. The van der Waals surface area contributed by atoms with E-state index < -0.39 is 0 Å². The van der Waals surface area contributed by atoms with Gasteiger partial charge in [0.25, 0.3) is 0 Å². The summed E-state index contributed by atoms with van der Waals surface area (Å²) in [6.07, 6.45) is 2.17. The van der Waals surface area contributed by atoms with Crippen LogP contribution >= 0.6 is 11.6 Å². The average molecular weight is 354 g/mol. The van der Waals surface area contributed by atoms with Crippen molar-refractivity contribution in [1.29, 1.82) is 0 Å². The van der Waals surface area contributed by atoms with Crippen LogP contribution in [0.4, 0.5) is 5.82 Å². The Morgan fingerprint density at radius 2 is 1.88 bits per heavy atom. The van der Waals surface area contributed by atoms with E-state index in [9.17, 15) is 9.90 Å². The van der Waals surface area contributed by atoms with Crippen LogP contribution in [0.1, 0.15) is 29.0 Å². The highest BCUT2D eigenvalue weighted by Gasteiger charge is 2.29. The molecule has 2 aromatic carbocycles. The second kappa shape index (κ2) is 6.26. The smallest absolute Gasteiger partial charge is 0.226 e. The van der Waals surface area contributed by atoms with Gasteiger partial charge in [0, 0.05) is 22.9 Å². The highest BCUT2D eigenvalue weighted by Crippen LogP contribution is 2.37. The third kappa shape index (κ3) is 3.10. The van der Waals surface area contributed by atoms with Gasteiger partial charge < -0.3 is 10.4 Å². The number of nitrogens with one attached hydrogen (secondary N) is 1. The first-order valence-corrected chi connectivity index (χ1v) is 8.37. The lowest BCUT2D eigenvalue weighted by Gasteiger charge is -2.23. The first-order chi connectivity index (χ1) is 12.1. The summed E-state index contributed by atoms with van der Waals surface area (Å²) in [7, 11) is 0. The third-order valence-corrected chi connectivity index (χ3v) is 4.68. The van der Waals surface area contributed by atoms with Crippen molar-refractivity contribution in [3.8, 4) is 5.75 Å². The number of hydrogen-bond donors (Lipinski definition) is 2. The molecule has 0 spiro atoms. The molecule has 2 heterocycles. The maximum Gasteiger partial charge on any atom is 0.226 e. The lowest BCUT2D eigenvalue weighted by molar-refractivity contribution is -0.116. The Balaban J connectivity index is 1.68. The highest BCUT2D eigenvalue weighted by molar-refractivity contribution is 6.30. The molecule has 1 aliphatic heterocycles. The van der Waals surface area contributed by atoms with Crippen molar-refractivity contribution in [3.63, 3.8) is 0 Å². The molecule has 0 bridgehead atoms. The van der Waals surface area contributed by atoms with Gasteiger partial charge in [-0.15, -0.1) is 0 Å². The Kier molecular flexibility index (Phi) is 3.93. The third-order valence-electron chi connectivity index (χ3n) is 4.43. The van der Waals surface area contributed by atoms with Gasteiger partial charge in [-0.05, 0) is 35.4 Å². The molecule has 3 aromatic rings. The summed E-state index contributed by atoms with van der Waals surface area (Å²) >= 11 is 5.93. The Morgan fingerprint density at radius 1 is 1.16 bits per heavy atom. The van der Waals surface area contributed by atoms with Gasteiger partial charge >= 0.3 is 0 Å². The van der Waals surface area contributed by atoms with Gasteiger partial charge in [-0.25, -0.2) is 4.68 Å². The Labute approximate surface area is 149 Å².